The van der Waals surface area contributed by atoms with Crippen LogP contribution in [0.4, 0.5) is 5.69 Å². The molecule has 1 fully saturated rings. The van der Waals surface area contributed by atoms with Crippen LogP contribution in [0.15, 0.2) is 56.6 Å². The third-order valence-corrected chi connectivity index (χ3v) is 4.74. The highest BCUT2D eigenvalue weighted by Crippen LogP contribution is 2.36. The number of benzene rings is 1. The van der Waals surface area contributed by atoms with Crippen LogP contribution in [0.1, 0.15) is 46.9 Å². The van der Waals surface area contributed by atoms with Crippen molar-refractivity contribution in [3.63, 3.8) is 0 Å². The number of hydrogen-bond acceptors (Lipinski definition) is 5. The zero-order valence-electron chi connectivity index (χ0n) is 14.3. The SMILES string of the molecule is Cc1cc(C2CCC2)oc(=O)c1C(=O)Nc1cccc(-c2cnco2)c1. The predicted octanol–water partition coefficient (Wildman–Crippen LogP) is 4.12. The number of anilines is 1. The maximum absolute atomic E-state index is 12.6. The van der Waals surface area contributed by atoms with E-state index in [-0.39, 0.29) is 5.56 Å². The number of aryl methyl sites for hydroxylation is 1. The third-order valence-electron chi connectivity index (χ3n) is 4.74. The molecule has 1 aliphatic carbocycles. The number of amides is 1. The molecule has 132 valence electrons. The summed E-state index contributed by atoms with van der Waals surface area (Å²) in [5, 5.41) is 2.76. The quantitative estimate of drug-likeness (QED) is 0.765. The molecule has 1 N–H and O–H groups in total. The van der Waals surface area contributed by atoms with Crippen LogP contribution < -0.4 is 10.9 Å². The van der Waals surface area contributed by atoms with E-state index in [2.05, 4.69) is 10.3 Å². The fraction of sp³-hybridized carbons (Fsp3) is 0.250. The molecule has 0 bridgehead atoms. The van der Waals surface area contributed by atoms with Crippen molar-refractivity contribution in [1.29, 1.82) is 0 Å². The van der Waals surface area contributed by atoms with Gasteiger partial charge in [0.1, 0.15) is 11.3 Å². The summed E-state index contributed by atoms with van der Waals surface area (Å²) in [6.45, 7) is 1.76. The fourth-order valence-electron chi connectivity index (χ4n) is 3.10. The first-order chi connectivity index (χ1) is 12.6. The Morgan fingerprint density at radius 2 is 2.12 bits per heavy atom. The van der Waals surface area contributed by atoms with Crippen molar-refractivity contribution in [3.05, 3.63) is 70.2 Å². The maximum atomic E-state index is 12.6. The van der Waals surface area contributed by atoms with Gasteiger partial charge in [-0.15, -0.1) is 0 Å². The molecular weight excluding hydrogens is 332 g/mol. The van der Waals surface area contributed by atoms with Crippen LogP contribution in [-0.4, -0.2) is 10.9 Å². The van der Waals surface area contributed by atoms with E-state index in [0.717, 1.165) is 24.8 Å². The zero-order chi connectivity index (χ0) is 18.1. The molecule has 0 radical (unpaired) electrons. The smallest absolute Gasteiger partial charge is 0.349 e. The lowest BCUT2D eigenvalue weighted by Gasteiger charge is -2.24. The minimum atomic E-state index is -0.587. The Labute approximate surface area is 149 Å². The number of aromatic nitrogens is 1. The first kappa shape index (κ1) is 16.3. The second-order valence-electron chi connectivity index (χ2n) is 6.52. The van der Waals surface area contributed by atoms with Crippen molar-refractivity contribution in [2.45, 2.75) is 32.1 Å². The monoisotopic (exact) mass is 350 g/mol. The zero-order valence-corrected chi connectivity index (χ0v) is 14.3. The Bertz CT molecular complexity index is 1000. The van der Waals surface area contributed by atoms with Crippen molar-refractivity contribution < 1.29 is 13.6 Å². The van der Waals surface area contributed by atoms with Gasteiger partial charge in [-0.2, -0.15) is 0 Å². The van der Waals surface area contributed by atoms with Crippen molar-refractivity contribution in [1.82, 2.24) is 4.98 Å². The average Bonchev–Trinajstić information content (AvgIpc) is 3.07. The number of nitrogens with one attached hydrogen (secondary N) is 1. The molecule has 1 aliphatic rings. The summed E-state index contributed by atoms with van der Waals surface area (Å²) >= 11 is 0. The second kappa shape index (κ2) is 6.63. The maximum Gasteiger partial charge on any atom is 0.349 e. The van der Waals surface area contributed by atoms with E-state index in [1.807, 2.05) is 12.1 Å². The Balaban J connectivity index is 1.59. The first-order valence-electron chi connectivity index (χ1n) is 8.57. The van der Waals surface area contributed by atoms with E-state index < -0.39 is 11.5 Å². The molecule has 4 rings (SSSR count). The van der Waals surface area contributed by atoms with Crippen molar-refractivity contribution >= 4 is 11.6 Å². The van der Waals surface area contributed by atoms with E-state index in [1.165, 1.54) is 6.39 Å². The lowest BCUT2D eigenvalue weighted by atomic mass is 9.83. The molecule has 1 aromatic carbocycles. The van der Waals surface area contributed by atoms with E-state index in [0.29, 0.717) is 28.7 Å². The van der Waals surface area contributed by atoms with Crippen LogP contribution in [-0.2, 0) is 0 Å². The van der Waals surface area contributed by atoms with Gasteiger partial charge >= 0.3 is 5.63 Å². The summed E-state index contributed by atoms with van der Waals surface area (Å²) in [5.74, 6) is 1.10. The highest BCUT2D eigenvalue weighted by atomic mass is 16.4. The fourth-order valence-corrected chi connectivity index (χ4v) is 3.10. The van der Waals surface area contributed by atoms with E-state index in [4.69, 9.17) is 8.83 Å². The normalized spacial score (nSPS) is 14.0. The standard InChI is InChI=1S/C20H18N2O4/c1-12-8-16(13-4-2-5-13)26-20(24)18(12)19(23)22-15-7-3-6-14(9-15)17-10-21-11-25-17/h3,6-11,13H,2,4-5H2,1H3,(H,22,23). The van der Waals surface area contributed by atoms with E-state index >= 15 is 0 Å². The molecule has 3 aromatic rings. The van der Waals surface area contributed by atoms with Crippen LogP contribution in [0, 0.1) is 6.92 Å². The lowest BCUT2D eigenvalue weighted by Crippen LogP contribution is -2.24. The molecule has 6 nitrogen and oxygen atoms in total. The highest BCUT2D eigenvalue weighted by molar-refractivity contribution is 6.05. The predicted molar refractivity (Wildman–Crippen MR) is 96.2 cm³/mol. The van der Waals surface area contributed by atoms with Crippen molar-refractivity contribution in [2.24, 2.45) is 0 Å². The van der Waals surface area contributed by atoms with Gasteiger partial charge in [0.15, 0.2) is 12.2 Å². The molecule has 0 saturated heterocycles. The highest BCUT2D eigenvalue weighted by Gasteiger charge is 2.25. The Kier molecular flexibility index (Phi) is 4.16. The number of carbonyl (C=O) groups excluding carboxylic acids is 1. The van der Waals surface area contributed by atoms with E-state index in [9.17, 15) is 9.59 Å². The number of rotatable bonds is 4. The van der Waals surface area contributed by atoms with Gasteiger partial charge in [-0.3, -0.25) is 4.79 Å². The molecule has 0 spiro atoms. The Morgan fingerprint density at radius 3 is 2.77 bits per heavy atom. The van der Waals surface area contributed by atoms with Gasteiger partial charge in [-0.1, -0.05) is 18.6 Å². The largest absolute Gasteiger partial charge is 0.444 e. The average molecular weight is 350 g/mol. The van der Waals surface area contributed by atoms with Crippen LogP contribution >= 0.6 is 0 Å². The Hall–Kier alpha value is -3.15. The van der Waals surface area contributed by atoms with Gasteiger partial charge in [0.2, 0.25) is 0 Å². The molecule has 0 aliphatic heterocycles. The lowest BCUT2D eigenvalue weighted by molar-refractivity contribution is 0.102. The molecule has 2 aromatic heterocycles. The molecule has 26 heavy (non-hydrogen) atoms. The Morgan fingerprint density at radius 1 is 1.27 bits per heavy atom. The summed E-state index contributed by atoms with van der Waals surface area (Å²) in [7, 11) is 0. The van der Waals surface area contributed by atoms with Crippen LogP contribution in [0.25, 0.3) is 11.3 Å². The molecule has 2 heterocycles. The summed E-state index contributed by atoms with van der Waals surface area (Å²) < 4.78 is 10.7. The molecule has 1 saturated carbocycles. The molecule has 0 unspecified atom stereocenters. The number of carbonyl (C=O) groups is 1. The van der Waals surface area contributed by atoms with Gasteiger partial charge in [0, 0.05) is 17.2 Å². The van der Waals surface area contributed by atoms with Gasteiger partial charge in [-0.25, -0.2) is 9.78 Å². The van der Waals surface area contributed by atoms with Crippen LogP contribution in [0.2, 0.25) is 0 Å². The minimum absolute atomic E-state index is 0.0399. The van der Waals surface area contributed by atoms with Gasteiger partial charge in [0.05, 0.1) is 6.20 Å². The van der Waals surface area contributed by atoms with Crippen LogP contribution in [0.5, 0.6) is 0 Å². The van der Waals surface area contributed by atoms with Crippen molar-refractivity contribution in [3.8, 4) is 11.3 Å². The summed E-state index contributed by atoms with van der Waals surface area (Å²) in [4.78, 5) is 28.8. The minimum Gasteiger partial charge on any atom is -0.444 e. The topological polar surface area (TPSA) is 85.3 Å². The number of hydrogen-bond donors (Lipinski definition) is 1. The molecule has 1 amide bonds. The third kappa shape index (κ3) is 3.06. The van der Waals surface area contributed by atoms with Gasteiger partial charge in [0.25, 0.3) is 5.91 Å². The molecule has 6 heteroatoms. The summed E-state index contributed by atoms with van der Waals surface area (Å²) in [6, 6.07) is 8.96. The van der Waals surface area contributed by atoms with Gasteiger partial charge in [-0.05, 0) is 43.5 Å². The molecular formula is C20H18N2O4. The van der Waals surface area contributed by atoms with E-state index in [1.54, 1.807) is 31.3 Å². The summed E-state index contributed by atoms with van der Waals surface area (Å²) in [5.41, 5.74) is 1.43. The number of nitrogens with zero attached hydrogens (tertiary/aromatic N) is 1. The summed E-state index contributed by atoms with van der Waals surface area (Å²) in [6.07, 6.45) is 6.15. The first-order valence-corrected chi connectivity index (χ1v) is 8.57. The van der Waals surface area contributed by atoms with Crippen molar-refractivity contribution in [2.75, 3.05) is 5.32 Å². The number of oxazole rings is 1. The second-order valence-corrected chi connectivity index (χ2v) is 6.52. The van der Waals surface area contributed by atoms with Gasteiger partial charge < -0.3 is 14.2 Å². The van der Waals surface area contributed by atoms with Crippen LogP contribution in [0.3, 0.4) is 0 Å². The molecule has 0 atom stereocenters.